The first kappa shape index (κ1) is 13.0. The molecule has 19 heavy (non-hydrogen) atoms. The normalized spacial score (nSPS) is 10.2. The molecule has 0 unspecified atom stereocenters. The average Bonchev–Trinajstić information content (AvgIpc) is 2.41. The number of non-ortho nitro benzene ring substituents is 1. The first-order valence-electron chi connectivity index (χ1n) is 4.96. The van der Waals surface area contributed by atoms with Gasteiger partial charge < -0.3 is 0 Å². The van der Waals surface area contributed by atoms with Gasteiger partial charge in [0, 0.05) is 17.7 Å². The lowest BCUT2D eigenvalue weighted by molar-refractivity contribution is -0.384. The molecule has 96 valence electrons. The zero-order valence-corrected chi connectivity index (χ0v) is 9.96. The van der Waals surface area contributed by atoms with E-state index in [4.69, 9.17) is 11.6 Å². The molecule has 0 radical (unpaired) electrons. The third kappa shape index (κ3) is 2.71. The Morgan fingerprint density at radius 2 is 2.16 bits per heavy atom. The predicted molar refractivity (Wildman–Crippen MR) is 63.5 cm³/mol. The van der Waals surface area contributed by atoms with Gasteiger partial charge in [0.25, 0.3) is 5.69 Å². The SMILES string of the molecule is O=C(c1cccc([N+](=O)[O-])c1)c1nc(Cl)ncc1F. The van der Waals surface area contributed by atoms with Gasteiger partial charge in [0.15, 0.2) is 11.5 Å². The number of rotatable bonds is 3. The molecule has 0 aliphatic carbocycles. The largest absolute Gasteiger partial charge is 0.287 e. The minimum absolute atomic E-state index is 0.0529. The van der Waals surface area contributed by atoms with E-state index in [-0.39, 0.29) is 16.5 Å². The fraction of sp³-hybridized carbons (Fsp3) is 0. The van der Waals surface area contributed by atoms with E-state index in [0.717, 1.165) is 12.3 Å². The van der Waals surface area contributed by atoms with Gasteiger partial charge in [-0.15, -0.1) is 0 Å². The van der Waals surface area contributed by atoms with Crippen molar-refractivity contribution in [3.05, 3.63) is 62.9 Å². The number of nitro groups is 1. The number of hydrogen-bond donors (Lipinski definition) is 0. The summed E-state index contributed by atoms with van der Waals surface area (Å²) in [5.41, 5.74) is -0.852. The van der Waals surface area contributed by atoms with Crippen molar-refractivity contribution in [2.24, 2.45) is 0 Å². The number of nitrogens with zero attached hydrogens (tertiary/aromatic N) is 3. The number of ketones is 1. The Morgan fingerprint density at radius 1 is 1.42 bits per heavy atom. The molecule has 0 saturated carbocycles. The number of halogens is 2. The van der Waals surface area contributed by atoms with Gasteiger partial charge in [0.2, 0.25) is 11.1 Å². The summed E-state index contributed by atoms with van der Waals surface area (Å²) in [6, 6.07) is 4.91. The summed E-state index contributed by atoms with van der Waals surface area (Å²) in [7, 11) is 0. The van der Waals surface area contributed by atoms with E-state index >= 15 is 0 Å². The molecule has 6 nitrogen and oxygen atoms in total. The number of carbonyl (C=O) groups excluding carboxylic acids is 1. The third-order valence-corrected chi connectivity index (χ3v) is 2.43. The minimum atomic E-state index is -0.944. The lowest BCUT2D eigenvalue weighted by Gasteiger charge is -2.02. The van der Waals surface area contributed by atoms with Crippen molar-refractivity contribution in [1.29, 1.82) is 0 Å². The van der Waals surface area contributed by atoms with Crippen LogP contribution in [0.15, 0.2) is 30.5 Å². The fourth-order valence-electron chi connectivity index (χ4n) is 1.40. The topological polar surface area (TPSA) is 86.0 Å². The van der Waals surface area contributed by atoms with Gasteiger partial charge in [-0.05, 0) is 11.6 Å². The number of aromatic nitrogens is 2. The molecule has 0 N–H and O–H groups in total. The van der Waals surface area contributed by atoms with Crippen LogP contribution in [-0.2, 0) is 0 Å². The van der Waals surface area contributed by atoms with Crippen molar-refractivity contribution in [3.8, 4) is 0 Å². The molecule has 0 aliphatic heterocycles. The molecule has 0 spiro atoms. The molecular formula is C11H5ClFN3O3. The zero-order valence-electron chi connectivity index (χ0n) is 9.21. The van der Waals surface area contributed by atoms with Crippen molar-refractivity contribution in [2.45, 2.75) is 0 Å². The van der Waals surface area contributed by atoms with Crippen LogP contribution in [0.4, 0.5) is 10.1 Å². The Labute approximate surface area is 111 Å². The molecule has 1 heterocycles. The molecule has 0 amide bonds. The highest BCUT2D eigenvalue weighted by atomic mass is 35.5. The van der Waals surface area contributed by atoms with Gasteiger partial charge in [-0.25, -0.2) is 14.4 Å². The Morgan fingerprint density at radius 3 is 2.84 bits per heavy atom. The highest BCUT2D eigenvalue weighted by Crippen LogP contribution is 2.17. The number of nitro benzene ring substituents is 1. The second-order valence-electron chi connectivity index (χ2n) is 3.47. The highest BCUT2D eigenvalue weighted by molar-refractivity contribution is 6.28. The maximum atomic E-state index is 13.4. The van der Waals surface area contributed by atoms with Crippen LogP contribution < -0.4 is 0 Å². The second-order valence-corrected chi connectivity index (χ2v) is 3.81. The monoisotopic (exact) mass is 281 g/mol. The molecule has 1 aromatic carbocycles. The maximum absolute atomic E-state index is 13.4. The number of benzene rings is 1. The van der Waals surface area contributed by atoms with E-state index in [1.807, 2.05) is 0 Å². The molecule has 1 aromatic heterocycles. The second kappa shape index (κ2) is 5.07. The van der Waals surface area contributed by atoms with Crippen LogP contribution in [0.25, 0.3) is 0 Å². The van der Waals surface area contributed by atoms with E-state index in [2.05, 4.69) is 9.97 Å². The fourth-order valence-corrected chi connectivity index (χ4v) is 1.54. The van der Waals surface area contributed by atoms with Crippen LogP contribution in [0.3, 0.4) is 0 Å². The smallest absolute Gasteiger partial charge is 0.270 e. The van der Waals surface area contributed by atoms with Crippen LogP contribution in [0, 0.1) is 15.9 Å². The van der Waals surface area contributed by atoms with Crippen molar-refractivity contribution < 1.29 is 14.1 Å². The summed E-state index contributed by atoms with van der Waals surface area (Å²) >= 11 is 5.48. The summed E-state index contributed by atoms with van der Waals surface area (Å²) in [6.45, 7) is 0. The predicted octanol–water partition coefficient (Wildman–Crippen LogP) is 2.41. The van der Waals surface area contributed by atoms with Crippen molar-refractivity contribution in [2.75, 3.05) is 0 Å². The summed E-state index contributed by atoms with van der Waals surface area (Å²) < 4.78 is 13.4. The molecule has 0 atom stereocenters. The highest BCUT2D eigenvalue weighted by Gasteiger charge is 2.19. The quantitative estimate of drug-likeness (QED) is 0.373. The first-order valence-corrected chi connectivity index (χ1v) is 5.34. The molecule has 0 saturated heterocycles. The van der Waals surface area contributed by atoms with E-state index in [1.165, 1.54) is 18.2 Å². The third-order valence-electron chi connectivity index (χ3n) is 2.25. The first-order chi connectivity index (χ1) is 8.99. The number of carbonyl (C=O) groups is 1. The van der Waals surface area contributed by atoms with Crippen molar-refractivity contribution >= 4 is 23.1 Å². The van der Waals surface area contributed by atoms with Gasteiger partial charge in [-0.1, -0.05) is 12.1 Å². The summed E-state index contributed by atoms with van der Waals surface area (Å²) in [6.07, 6.45) is 0.764. The van der Waals surface area contributed by atoms with Gasteiger partial charge in [-0.3, -0.25) is 14.9 Å². The molecule has 2 aromatic rings. The van der Waals surface area contributed by atoms with E-state index in [9.17, 15) is 19.3 Å². The number of hydrogen-bond acceptors (Lipinski definition) is 5. The van der Waals surface area contributed by atoms with Crippen LogP contribution >= 0.6 is 11.6 Å². The van der Waals surface area contributed by atoms with E-state index in [0.29, 0.717) is 0 Å². The molecule has 0 aliphatic rings. The Balaban J connectivity index is 2.47. The van der Waals surface area contributed by atoms with E-state index < -0.39 is 22.2 Å². The van der Waals surface area contributed by atoms with Gasteiger partial charge in [0.05, 0.1) is 11.1 Å². The Hall–Kier alpha value is -2.41. The molecular weight excluding hydrogens is 277 g/mol. The van der Waals surface area contributed by atoms with Gasteiger partial charge >= 0.3 is 0 Å². The van der Waals surface area contributed by atoms with Crippen LogP contribution in [0.2, 0.25) is 5.28 Å². The van der Waals surface area contributed by atoms with Crippen LogP contribution in [-0.4, -0.2) is 20.7 Å². The lowest BCUT2D eigenvalue weighted by Crippen LogP contribution is -2.08. The molecule has 0 bridgehead atoms. The van der Waals surface area contributed by atoms with Crippen LogP contribution in [0.1, 0.15) is 16.1 Å². The minimum Gasteiger partial charge on any atom is -0.287 e. The Bertz CT molecular complexity index is 678. The van der Waals surface area contributed by atoms with Crippen LogP contribution in [0.5, 0.6) is 0 Å². The van der Waals surface area contributed by atoms with Gasteiger partial charge in [0.1, 0.15) is 0 Å². The molecule has 8 heteroatoms. The van der Waals surface area contributed by atoms with Crippen molar-refractivity contribution in [3.63, 3.8) is 0 Å². The van der Waals surface area contributed by atoms with Gasteiger partial charge in [-0.2, -0.15) is 0 Å². The van der Waals surface area contributed by atoms with Crippen molar-refractivity contribution in [1.82, 2.24) is 9.97 Å². The lowest BCUT2D eigenvalue weighted by atomic mass is 10.1. The molecule has 2 rings (SSSR count). The standard InChI is InChI=1S/C11H5ClFN3O3/c12-11-14-5-8(13)9(15-11)10(17)6-2-1-3-7(4-6)16(18)19/h1-5H. The average molecular weight is 282 g/mol. The molecule has 0 fully saturated rings. The summed E-state index contributed by atoms with van der Waals surface area (Å²) in [5.74, 6) is -1.74. The van der Waals surface area contributed by atoms with E-state index in [1.54, 1.807) is 0 Å². The Kier molecular flexibility index (Phi) is 3.48. The zero-order chi connectivity index (χ0) is 14.0. The summed E-state index contributed by atoms with van der Waals surface area (Å²) in [4.78, 5) is 28.8. The summed E-state index contributed by atoms with van der Waals surface area (Å²) in [5, 5.41) is 10.3. The maximum Gasteiger partial charge on any atom is 0.270 e.